The van der Waals surface area contributed by atoms with E-state index in [1.807, 2.05) is 36.2 Å². The molecule has 1 aliphatic heterocycles. The molecule has 3 aromatic rings. The highest BCUT2D eigenvalue weighted by Crippen LogP contribution is 2.29. The summed E-state index contributed by atoms with van der Waals surface area (Å²) in [6, 6.07) is 7.80. The third-order valence-electron chi connectivity index (χ3n) is 5.02. The van der Waals surface area contributed by atoms with Gasteiger partial charge in [0, 0.05) is 56.6 Å². The van der Waals surface area contributed by atoms with Gasteiger partial charge in [-0.05, 0) is 17.7 Å². The topological polar surface area (TPSA) is 116 Å². The number of benzene rings is 1. The van der Waals surface area contributed by atoms with E-state index in [0.29, 0.717) is 24.6 Å². The number of carbonyl (C=O) groups excluding carboxylic acids is 1. The maximum Gasteiger partial charge on any atom is 0.241 e. The number of piperazine rings is 1. The van der Waals surface area contributed by atoms with Crippen LogP contribution in [-0.4, -0.2) is 70.9 Å². The van der Waals surface area contributed by atoms with Crippen LogP contribution in [-0.2, 0) is 4.79 Å². The van der Waals surface area contributed by atoms with Gasteiger partial charge in [-0.2, -0.15) is 5.10 Å². The second kappa shape index (κ2) is 7.70. The van der Waals surface area contributed by atoms with Gasteiger partial charge in [0.2, 0.25) is 5.91 Å². The maximum absolute atomic E-state index is 12.0. The summed E-state index contributed by atoms with van der Waals surface area (Å²) in [4.78, 5) is 28.6. The molecule has 1 aromatic carbocycles. The number of hydrogen-bond acceptors (Lipinski definition) is 7. The number of anilines is 1. The Labute approximate surface area is 168 Å². The lowest BCUT2D eigenvalue weighted by molar-refractivity contribution is -0.129. The monoisotopic (exact) mass is 390 g/mol. The minimum absolute atomic E-state index is 0.0740. The Morgan fingerprint density at radius 1 is 1.28 bits per heavy atom. The number of nitrogens with one attached hydrogen (secondary N) is 1. The number of hydrogen-bond donors (Lipinski definition) is 2. The molecule has 0 atom stereocenters. The molecule has 0 saturated carbocycles. The summed E-state index contributed by atoms with van der Waals surface area (Å²) in [5.74, 6) is 0.786. The van der Waals surface area contributed by atoms with Crippen molar-refractivity contribution < 1.29 is 4.79 Å². The average molecular weight is 390 g/mol. The van der Waals surface area contributed by atoms with E-state index >= 15 is 0 Å². The van der Waals surface area contributed by atoms with Crippen molar-refractivity contribution in [2.75, 3.05) is 38.6 Å². The summed E-state index contributed by atoms with van der Waals surface area (Å²) in [7, 11) is 3.52. The van der Waals surface area contributed by atoms with Crippen molar-refractivity contribution in [3.05, 3.63) is 42.4 Å². The fraction of sp³-hybridized carbons (Fsp3) is 0.250. The molecule has 4 rings (SSSR count). The first-order valence-corrected chi connectivity index (χ1v) is 9.24. The number of aromatic amines is 1. The maximum atomic E-state index is 12.0. The number of allylic oxidation sites excluding steroid dienone is 1. The molecule has 0 unspecified atom stereocenters. The van der Waals surface area contributed by atoms with E-state index < -0.39 is 0 Å². The highest BCUT2D eigenvalue weighted by Gasteiger charge is 2.23. The summed E-state index contributed by atoms with van der Waals surface area (Å²) >= 11 is 0. The highest BCUT2D eigenvalue weighted by molar-refractivity contribution is 6.11. The van der Waals surface area contributed by atoms with Crippen LogP contribution in [0.3, 0.4) is 0 Å². The van der Waals surface area contributed by atoms with Gasteiger partial charge in [-0.3, -0.25) is 14.9 Å². The van der Waals surface area contributed by atoms with E-state index in [0.717, 1.165) is 34.3 Å². The van der Waals surface area contributed by atoms with Crippen molar-refractivity contribution in [2.24, 2.45) is 10.7 Å². The second-order valence-corrected chi connectivity index (χ2v) is 6.84. The molecule has 29 heavy (non-hydrogen) atoms. The van der Waals surface area contributed by atoms with Crippen LogP contribution in [0.5, 0.6) is 0 Å². The van der Waals surface area contributed by atoms with Gasteiger partial charge in [0.05, 0.1) is 17.8 Å². The molecule has 148 valence electrons. The molecule has 1 amide bonds. The molecule has 0 radical (unpaired) electrons. The summed E-state index contributed by atoms with van der Waals surface area (Å²) in [6.45, 7) is 1.70. The summed E-state index contributed by atoms with van der Waals surface area (Å²) in [5.41, 5.74) is 9.80. The Hall–Kier alpha value is -3.75. The molecule has 0 aliphatic carbocycles. The minimum atomic E-state index is 0.0740. The minimum Gasteiger partial charge on any atom is -0.404 e. The SMILES string of the molecule is CN=CC(=CN)c1ccc2[nH]nc(-c3cc(N4CCN(C)C(=O)C4)ncn3)c2c1. The number of fused-ring (bicyclic) bond motifs is 1. The van der Waals surface area contributed by atoms with Gasteiger partial charge in [-0.25, -0.2) is 9.97 Å². The van der Waals surface area contributed by atoms with Crippen molar-refractivity contribution in [3.8, 4) is 11.4 Å². The van der Waals surface area contributed by atoms with Crippen LogP contribution in [0.2, 0.25) is 0 Å². The van der Waals surface area contributed by atoms with Gasteiger partial charge in [0.1, 0.15) is 17.8 Å². The molecule has 9 nitrogen and oxygen atoms in total. The molecule has 0 spiro atoms. The van der Waals surface area contributed by atoms with Gasteiger partial charge >= 0.3 is 0 Å². The standard InChI is InChI=1S/C20H22N8O/c1-22-10-14(9-21)13-3-4-16-15(7-13)20(26-25-16)17-8-18(24-12-23-17)28-6-5-27(2)19(29)11-28/h3-4,7-10,12H,5-6,11,21H2,1-2H3,(H,25,26). The van der Waals surface area contributed by atoms with Crippen molar-refractivity contribution >= 4 is 34.4 Å². The fourth-order valence-corrected chi connectivity index (χ4v) is 3.35. The molecule has 3 heterocycles. The van der Waals surface area contributed by atoms with Gasteiger partial charge in [-0.1, -0.05) is 6.07 Å². The second-order valence-electron chi connectivity index (χ2n) is 6.84. The van der Waals surface area contributed by atoms with E-state index in [2.05, 4.69) is 25.2 Å². The summed E-state index contributed by atoms with van der Waals surface area (Å²) in [5, 5.41) is 8.42. The number of nitrogens with two attached hydrogens (primary N) is 1. The van der Waals surface area contributed by atoms with Crippen LogP contribution in [0.25, 0.3) is 27.9 Å². The number of H-pyrrole nitrogens is 1. The third-order valence-corrected chi connectivity index (χ3v) is 5.02. The van der Waals surface area contributed by atoms with Gasteiger partial charge < -0.3 is 15.5 Å². The van der Waals surface area contributed by atoms with E-state index in [-0.39, 0.29) is 5.91 Å². The quantitative estimate of drug-likeness (QED) is 0.649. The highest BCUT2D eigenvalue weighted by atomic mass is 16.2. The predicted molar refractivity (Wildman–Crippen MR) is 114 cm³/mol. The number of carbonyl (C=O) groups is 1. The molecular weight excluding hydrogens is 368 g/mol. The number of amides is 1. The average Bonchev–Trinajstić information content (AvgIpc) is 3.17. The Bertz CT molecular complexity index is 1120. The lowest BCUT2D eigenvalue weighted by atomic mass is 10.0. The van der Waals surface area contributed by atoms with Gasteiger partial charge in [0.25, 0.3) is 0 Å². The molecule has 1 saturated heterocycles. The van der Waals surface area contributed by atoms with Gasteiger partial charge in [0.15, 0.2) is 0 Å². The number of aliphatic imine (C=N–C) groups is 1. The normalized spacial score (nSPS) is 15.7. The van der Waals surface area contributed by atoms with E-state index in [9.17, 15) is 4.79 Å². The van der Waals surface area contributed by atoms with Crippen molar-refractivity contribution in [1.29, 1.82) is 0 Å². The lowest BCUT2D eigenvalue weighted by Crippen LogP contribution is -2.48. The number of likely N-dealkylation sites (N-methyl/N-ethyl adjacent to an activating group) is 1. The first-order chi connectivity index (χ1) is 14.1. The first kappa shape index (κ1) is 18.6. The molecule has 3 N–H and O–H groups in total. The summed E-state index contributed by atoms with van der Waals surface area (Å²) in [6.07, 6.45) is 4.75. The zero-order chi connectivity index (χ0) is 20.4. The van der Waals surface area contributed by atoms with Gasteiger partial charge in [-0.15, -0.1) is 0 Å². The predicted octanol–water partition coefficient (Wildman–Crippen LogP) is 1.30. The third kappa shape index (κ3) is 3.54. The molecule has 2 aromatic heterocycles. The Morgan fingerprint density at radius 2 is 2.14 bits per heavy atom. The van der Waals surface area contributed by atoms with Crippen LogP contribution in [0.4, 0.5) is 5.82 Å². The van der Waals surface area contributed by atoms with Crippen LogP contribution in [0.1, 0.15) is 5.56 Å². The number of rotatable bonds is 4. The molecule has 0 bridgehead atoms. The Morgan fingerprint density at radius 3 is 2.90 bits per heavy atom. The van der Waals surface area contributed by atoms with Crippen molar-refractivity contribution in [3.63, 3.8) is 0 Å². The van der Waals surface area contributed by atoms with Crippen molar-refractivity contribution in [2.45, 2.75) is 0 Å². The molecule has 9 heteroatoms. The van der Waals surface area contributed by atoms with Crippen LogP contribution >= 0.6 is 0 Å². The fourth-order valence-electron chi connectivity index (χ4n) is 3.35. The largest absolute Gasteiger partial charge is 0.404 e. The number of aromatic nitrogens is 4. The van der Waals surface area contributed by atoms with E-state index in [4.69, 9.17) is 5.73 Å². The zero-order valence-electron chi connectivity index (χ0n) is 16.3. The Balaban J connectivity index is 1.72. The number of nitrogens with zero attached hydrogens (tertiary/aromatic N) is 6. The Kier molecular flexibility index (Phi) is 4.94. The van der Waals surface area contributed by atoms with E-state index in [1.165, 1.54) is 12.5 Å². The van der Waals surface area contributed by atoms with Crippen LogP contribution < -0.4 is 10.6 Å². The zero-order valence-corrected chi connectivity index (χ0v) is 16.3. The summed E-state index contributed by atoms with van der Waals surface area (Å²) < 4.78 is 0. The smallest absolute Gasteiger partial charge is 0.241 e. The first-order valence-electron chi connectivity index (χ1n) is 9.24. The van der Waals surface area contributed by atoms with Crippen LogP contribution in [0, 0.1) is 0 Å². The molecule has 1 aliphatic rings. The van der Waals surface area contributed by atoms with Crippen molar-refractivity contribution in [1.82, 2.24) is 25.1 Å². The van der Waals surface area contributed by atoms with Crippen LogP contribution in [0.15, 0.2) is 41.8 Å². The molecule has 1 fully saturated rings. The molecular formula is C20H22N8O. The van der Waals surface area contributed by atoms with E-state index in [1.54, 1.807) is 18.2 Å². The lowest BCUT2D eigenvalue weighted by Gasteiger charge is -2.32.